The van der Waals surface area contributed by atoms with Crippen LogP contribution in [0.1, 0.15) is 23.9 Å². The van der Waals surface area contributed by atoms with Crippen LogP contribution in [0.4, 0.5) is 0 Å². The lowest BCUT2D eigenvalue weighted by atomic mass is 10.2. The van der Waals surface area contributed by atoms with Crippen LogP contribution < -0.4 is 10.5 Å². The number of rotatable bonds is 5. The fourth-order valence-corrected chi connectivity index (χ4v) is 1.82. The number of oxime groups is 1. The van der Waals surface area contributed by atoms with E-state index in [1.165, 1.54) is 0 Å². The topological polar surface area (TPSA) is 85.7 Å². The van der Waals surface area contributed by atoms with Crippen LogP contribution in [0.3, 0.4) is 0 Å². The number of aromatic nitrogens is 2. The first-order valence-electron chi connectivity index (χ1n) is 6.36. The molecule has 0 saturated heterocycles. The summed E-state index contributed by atoms with van der Waals surface area (Å²) in [5.74, 6) is 0.800. The molecule has 0 radical (unpaired) electrons. The van der Waals surface area contributed by atoms with Crippen molar-refractivity contribution < 1.29 is 9.94 Å². The number of amidine groups is 1. The highest BCUT2D eigenvalue weighted by atomic mass is 16.5. The molecule has 0 saturated carbocycles. The van der Waals surface area contributed by atoms with Crippen LogP contribution >= 0.6 is 0 Å². The van der Waals surface area contributed by atoms with Gasteiger partial charge in [0.2, 0.25) is 0 Å². The van der Waals surface area contributed by atoms with Crippen LogP contribution in [0, 0.1) is 0 Å². The number of nitrogens with two attached hydrogens (primary N) is 1. The van der Waals surface area contributed by atoms with E-state index in [0.29, 0.717) is 12.2 Å². The van der Waals surface area contributed by atoms with E-state index in [1.54, 1.807) is 24.3 Å². The van der Waals surface area contributed by atoms with Crippen molar-refractivity contribution in [3.63, 3.8) is 0 Å². The van der Waals surface area contributed by atoms with Gasteiger partial charge in [-0.2, -0.15) is 5.10 Å². The van der Waals surface area contributed by atoms with E-state index in [-0.39, 0.29) is 5.84 Å². The zero-order valence-corrected chi connectivity index (χ0v) is 11.6. The molecule has 106 valence electrons. The van der Waals surface area contributed by atoms with E-state index in [2.05, 4.69) is 17.2 Å². The second-order valence-electron chi connectivity index (χ2n) is 4.40. The fraction of sp³-hybridized carbons (Fsp3) is 0.286. The summed E-state index contributed by atoms with van der Waals surface area (Å²) in [6.45, 7) is 2.52. The first-order chi connectivity index (χ1) is 9.63. The molecule has 1 heterocycles. The van der Waals surface area contributed by atoms with Crippen LogP contribution in [-0.2, 0) is 20.1 Å². The highest BCUT2D eigenvalue weighted by Gasteiger charge is 2.05. The van der Waals surface area contributed by atoms with Crippen molar-refractivity contribution in [2.45, 2.75) is 20.0 Å². The number of aryl methyl sites for hydroxylation is 2. The van der Waals surface area contributed by atoms with Gasteiger partial charge in [-0.3, -0.25) is 4.68 Å². The predicted molar refractivity (Wildman–Crippen MR) is 75.9 cm³/mol. The van der Waals surface area contributed by atoms with Crippen LogP contribution in [0.15, 0.2) is 35.5 Å². The zero-order chi connectivity index (χ0) is 14.5. The van der Waals surface area contributed by atoms with Gasteiger partial charge in [0.1, 0.15) is 12.4 Å². The summed E-state index contributed by atoms with van der Waals surface area (Å²) in [6.07, 6.45) is 0.905. The van der Waals surface area contributed by atoms with Gasteiger partial charge in [0.05, 0.1) is 11.4 Å². The first-order valence-corrected chi connectivity index (χ1v) is 6.36. The predicted octanol–water partition coefficient (Wildman–Crippen LogP) is 1.66. The van der Waals surface area contributed by atoms with E-state index >= 15 is 0 Å². The summed E-state index contributed by atoms with van der Waals surface area (Å²) < 4.78 is 7.52. The number of nitrogens with zero attached hydrogens (tertiary/aromatic N) is 3. The Labute approximate surface area is 117 Å². The average Bonchev–Trinajstić information content (AvgIpc) is 2.85. The molecule has 0 atom stereocenters. The minimum atomic E-state index is 0.0794. The smallest absolute Gasteiger partial charge is 0.170 e. The lowest BCUT2D eigenvalue weighted by Gasteiger charge is -2.07. The number of hydrogen-bond donors (Lipinski definition) is 2. The molecular formula is C14H18N4O2. The molecule has 20 heavy (non-hydrogen) atoms. The van der Waals surface area contributed by atoms with Gasteiger partial charge < -0.3 is 15.7 Å². The highest BCUT2D eigenvalue weighted by Crippen LogP contribution is 2.14. The maximum atomic E-state index is 8.59. The van der Waals surface area contributed by atoms with Crippen molar-refractivity contribution in [2.75, 3.05) is 0 Å². The quantitative estimate of drug-likeness (QED) is 0.376. The number of ether oxygens (including phenoxy) is 1. The summed E-state index contributed by atoms with van der Waals surface area (Å²) >= 11 is 0. The van der Waals surface area contributed by atoms with Crippen LogP contribution in [-0.4, -0.2) is 20.8 Å². The standard InChI is InChI=1S/C14H18N4O2/c1-3-11-8-12(18(2)16-11)9-20-13-6-4-10(5-7-13)14(15)17-19/h4-8,19H,3,9H2,1-2H3,(H2,15,17). The van der Waals surface area contributed by atoms with Crippen LogP contribution in [0.2, 0.25) is 0 Å². The normalized spacial score (nSPS) is 11.6. The first kappa shape index (κ1) is 13.9. The monoisotopic (exact) mass is 274 g/mol. The lowest BCUT2D eigenvalue weighted by Crippen LogP contribution is -2.12. The van der Waals surface area contributed by atoms with Gasteiger partial charge in [-0.15, -0.1) is 0 Å². The van der Waals surface area contributed by atoms with E-state index in [9.17, 15) is 0 Å². The van der Waals surface area contributed by atoms with Gasteiger partial charge in [0.15, 0.2) is 5.84 Å². The molecule has 6 heteroatoms. The minimum absolute atomic E-state index is 0.0794. The molecule has 0 fully saturated rings. The minimum Gasteiger partial charge on any atom is -0.487 e. The van der Waals surface area contributed by atoms with Crippen molar-refractivity contribution in [3.05, 3.63) is 47.3 Å². The molecule has 0 aliphatic carbocycles. The highest BCUT2D eigenvalue weighted by molar-refractivity contribution is 5.97. The zero-order valence-electron chi connectivity index (χ0n) is 11.6. The van der Waals surface area contributed by atoms with Gasteiger partial charge in [0.25, 0.3) is 0 Å². The molecule has 0 unspecified atom stereocenters. The van der Waals surface area contributed by atoms with Gasteiger partial charge in [0, 0.05) is 12.6 Å². The Morgan fingerprint density at radius 3 is 2.65 bits per heavy atom. The molecular weight excluding hydrogens is 256 g/mol. The number of benzene rings is 1. The Hall–Kier alpha value is -2.50. The van der Waals surface area contributed by atoms with Crippen molar-refractivity contribution in [1.29, 1.82) is 0 Å². The molecule has 0 bridgehead atoms. The van der Waals surface area contributed by atoms with Crippen LogP contribution in [0.25, 0.3) is 0 Å². The molecule has 3 N–H and O–H groups in total. The van der Waals surface area contributed by atoms with Gasteiger partial charge in [-0.05, 0) is 36.8 Å². The Bertz CT molecular complexity index is 602. The summed E-state index contributed by atoms with van der Waals surface area (Å²) in [7, 11) is 1.90. The van der Waals surface area contributed by atoms with Crippen molar-refractivity contribution in [3.8, 4) is 5.75 Å². The van der Waals surface area contributed by atoms with Crippen LogP contribution in [0.5, 0.6) is 5.75 Å². The third kappa shape index (κ3) is 3.09. The largest absolute Gasteiger partial charge is 0.487 e. The average molecular weight is 274 g/mol. The molecule has 2 aromatic rings. The van der Waals surface area contributed by atoms with Crippen molar-refractivity contribution >= 4 is 5.84 Å². The Morgan fingerprint density at radius 1 is 1.40 bits per heavy atom. The van der Waals surface area contributed by atoms with E-state index in [1.807, 2.05) is 17.8 Å². The third-order valence-corrected chi connectivity index (χ3v) is 3.03. The third-order valence-electron chi connectivity index (χ3n) is 3.03. The maximum Gasteiger partial charge on any atom is 0.170 e. The molecule has 0 amide bonds. The lowest BCUT2D eigenvalue weighted by molar-refractivity contribution is 0.295. The SMILES string of the molecule is CCc1cc(COc2ccc(C(N)=NO)cc2)n(C)n1. The van der Waals surface area contributed by atoms with Crippen molar-refractivity contribution in [1.82, 2.24) is 9.78 Å². The molecule has 1 aromatic heterocycles. The summed E-state index contributed by atoms with van der Waals surface area (Å²) in [5.41, 5.74) is 8.21. The van der Waals surface area contributed by atoms with Gasteiger partial charge in [-0.1, -0.05) is 12.1 Å². The molecule has 0 aliphatic rings. The summed E-state index contributed by atoms with van der Waals surface area (Å²) in [4.78, 5) is 0. The summed E-state index contributed by atoms with van der Waals surface area (Å²) in [6, 6.07) is 9.08. The van der Waals surface area contributed by atoms with E-state index in [4.69, 9.17) is 15.7 Å². The second-order valence-corrected chi connectivity index (χ2v) is 4.40. The summed E-state index contributed by atoms with van der Waals surface area (Å²) in [5, 5.41) is 15.9. The maximum absolute atomic E-state index is 8.59. The molecule has 0 aliphatic heterocycles. The molecule has 0 spiro atoms. The van der Waals surface area contributed by atoms with E-state index < -0.39 is 0 Å². The van der Waals surface area contributed by atoms with Gasteiger partial charge >= 0.3 is 0 Å². The van der Waals surface area contributed by atoms with Gasteiger partial charge in [-0.25, -0.2) is 0 Å². The second kappa shape index (κ2) is 6.10. The van der Waals surface area contributed by atoms with Crippen molar-refractivity contribution in [2.24, 2.45) is 17.9 Å². The molecule has 2 rings (SSSR count). The fourth-order valence-electron chi connectivity index (χ4n) is 1.82. The number of hydrogen-bond acceptors (Lipinski definition) is 4. The Kier molecular flexibility index (Phi) is 4.24. The van der Waals surface area contributed by atoms with E-state index in [0.717, 1.165) is 23.6 Å². The molecule has 1 aromatic carbocycles. The molecule has 6 nitrogen and oxygen atoms in total. The Balaban J connectivity index is 2.02. The Morgan fingerprint density at radius 2 is 2.10 bits per heavy atom.